The summed E-state index contributed by atoms with van der Waals surface area (Å²) in [5, 5.41) is 0. The van der Waals surface area contributed by atoms with Gasteiger partial charge < -0.3 is 20.1 Å². The van der Waals surface area contributed by atoms with Gasteiger partial charge in [-0.15, -0.1) is 0 Å². The Balaban J connectivity index is 4.27. The lowest BCUT2D eigenvalue weighted by molar-refractivity contribution is -0.161. The minimum atomic E-state index is -4.37. The lowest BCUT2D eigenvalue weighted by atomic mass is 10.1. The summed E-state index contributed by atoms with van der Waals surface area (Å²) in [6, 6.07) is 0. The van der Waals surface area contributed by atoms with E-state index in [4.69, 9.17) is 24.3 Å². The molecule has 0 aliphatic rings. The first kappa shape index (κ1) is 45.2. The van der Waals surface area contributed by atoms with Crippen LogP contribution in [0, 0.1) is 0 Å². The molecular weight excluding hydrogens is 617 g/mol. The molecule has 0 aromatic carbocycles. The molecule has 274 valence electrons. The van der Waals surface area contributed by atoms with Crippen molar-refractivity contribution in [1.82, 2.24) is 0 Å². The summed E-state index contributed by atoms with van der Waals surface area (Å²) in [7, 11) is -4.37. The van der Waals surface area contributed by atoms with Gasteiger partial charge >= 0.3 is 19.8 Å². The molecule has 0 radical (unpaired) electrons. The van der Waals surface area contributed by atoms with E-state index in [2.05, 4.69) is 50.3 Å². The standard InChI is InChI=1S/C37H68NO8P/c1-3-5-7-9-11-13-15-16-17-18-20-21-23-25-27-29-36(39)43-33-35(34-45-47(41,42)44-32-31-38)46-37(40)30-28-26-24-22-19-14-12-10-8-6-4-2/h10-13,16-17,35H,3-9,14-15,18-34,38H2,1-2H3,(H,41,42)/t35-/m1/s1. The van der Waals surface area contributed by atoms with Crippen molar-refractivity contribution < 1.29 is 37.6 Å². The largest absolute Gasteiger partial charge is 0.472 e. The number of carbonyl (C=O) groups excluding carboxylic acids is 2. The highest BCUT2D eigenvalue weighted by molar-refractivity contribution is 7.47. The summed E-state index contributed by atoms with van der Waals surface area (Å²) in [5.74, 6) is -0.860. The number of rotatable bonds is 34. The van der Waals surface area contributed by atoms with Crippen molar-refractivity contribution in [2.75, 3.05) is 26.4 Å². The lowest BCUT2D eigenvalue weighted by Crippen LogP contribution is -2.29. The topological polar surface area (TPSA) is 134 Å². The first-order chi connectivity index (χ1) is 22.8. The van der Waals surface area contributed by atoms with Gasteiger partial charge in [-0.05, 0) is 64.2 Å². The molecule has 2 atom stereocenters. The molecule has 47 heavy (non-hydrogen) atoms. The number of nitrogens with two attached hydrogens (primary N) is 1. The summed E-state index contributed by atoms with van der Waals surface area (Å²) in [5.41, 5.74) is 5.32. The van der Waals surface area contributed by atoms with Crippen LogP contribution >= 0.6 is 7.82 Å². The van der Waals surface area contributed by atoms with E-state index in [1.54, 1.807) is 0 Å². The summed E-state index contributed by atoms with van der Waals surface area (Å²) in [6.45, 7) is 3.61. The number of phosphoric acid groups is 1. The zero-order valence-electron chi connectivity index (χ0n) is 29.8. The number of hydrogen-bond donors (Lipinski definition) is 2. The second kappa shape index (κ2) is 34.1. The van der Waals surface area contributed by atoms with Gasteiger partial charge in [0.15, 0.2) is 6.10 Å². The Morgan fingerprint density at radius 3 is 1.70 bits per heavy atom. The van der Waals surface area contributed by atoms with E-state index in [9.17, 15) is 19.0 Å². The highest BCUT2D eigenvalue weighted by Gasteiger charge is 2.25. The van der Waals surface area contributed by atoms with Crippen LogP contribution in [-0.2, 0) is 32.7 Å². The van der Waals surface area contributed by atoms with Crippen molar-refractivity contribution in [3.8, 4) is 0 Å². The molecular formula is C37H68NO8P. The van der Waals surface area contributed by atoms with Gasteiger partial charge in [0.1, 0.15) is 6.61 Å². The number of phosphoric ester groups is 1. The average molecular weight is 686 g/mol. The van der Waals surface area contributed by atoms with E-state index in [0.29, 0.717) is 12.8 Å². The van der Waals surface area contributed by atoms with Gasteiger partial charge in [0.2, 0.25) is 0 Å². The maximum atomic E-state index is 12.5. The number of allylic oxidation sites excluding steroid dienone is 6. The Morgan fingerprint density at radius 1 is 0.638 bits per heavy atom. The van der Waals surface area contributed by atoms with Crippen molar-refractivity contribution in [2.24, 2.45) is 5.73 Å². The van der Waals surface area contributed by atoms with Crippen molar-refractivity contribution in [2.45, 2.75) is 161 Å². The fraction of sp³-hybridized carbons (Fsp3) is 0.784. The van der Waals surface area contributed by atoms with Crippen LogP contribution in [0.25, 0.3) is 0 Å². The van der Waals surface area contributed by atoms with E-state index >= 15 is 0 Å². The Hall–Kier alpha value is -1.77. The molecule has 0 saturated carbocycles. The Labute approximate surface area is 286 Å². The molecule has 0 aliphatic carbocycles. The molecule has 9 nitrogen and oxygen atoms in total. The number of ether oxygens (including phenoxy) is 2. The smallest absolute Gasteiger partial charge is 0.462 e. The van der Waals surface area contributed by atoms with Gasteiger partial charge in [-0.2, -0.15) is 0 Å². The van der Waals surface area contributed by atoms with Crippen LogP contribution in [0.2, 0.25) is 0 Å². The third kappa shape index (κ3) is 33.9. The molecule has 3 N–H and O–H groups in total. The summed E-state index contributed by atoms with van der Waals surface area (Å²) in [4.78, 5) is 34.6. The molecule has 0 aliphatic heterocycles. The third-order valence-electron chi connectivity index (χ3n) is 7.50. The zero-order chi connectivity index (χ0) is 34.7. The minimum absolute atomic E-state index is 0.0494. The zero-order valence-corrected chi connectivity index (χ0v) is 30.7. The predicted molar refractivity (Wildman–Crippen MR) is 192 cm³/mol. The molecule has 0 amide bonds. The molecule has 0 bridgehead atoms. The number of carbonyl (C=O) groups is 2. The quantitative estimate of drug-likeness (QED) is 0.0294. The average Bonchev–Trinajstić information content (AvgIpc) is 3.05. The molecule has 1 unspecified atom stereocenters. The van der Waals surface area contributed by atoms with Crippen LogP contribution in [-0.4, -0.2) is 49.3 Å². The van der Waals surface area contributed by atoms with Gasteiger partial charge in [0, 0.05) is 19.4 Å². The molecule has 0 saturated heterocycles. The highest BCUT2D eigenvalue weighted by Crippen LogP contribution is 2.43. The number of esters is 2. The summed E-state index contributed by atoms with van der Waals surface area (Å²) < 4.78 is 32.6. The fourth-order valence-corrected chi connectivity index (χ4v) is 5.47. The molecule has 0 fully saturated rings. The van der Waals surface area contributed by atoms with E-state index < -0.39 is 32.5 Å². The van der Waals surface area contributed by atoms with Gasteiger partial charge in [-0.25, -0.2) is 4.57 Å². The molecule has 0 heterocycles. The minimum Gasteiger partial charge on any atom is -0.462 e. The SMILES string of the molecule is CCCCC=CCCCCCCCC(=O)O[C@H](COC(=O)CCCCCCCC=CCC=CCCCCC)COP(=O)(O)OCCN. The Bertz CT molecular complexity index is 876. The maximum absolute atomic E-state index is 12.5. The van der Waals surface area contributed by atoms with Gasteiger partial charge in [0.05, 0.1) is 13.2 Å². The highest BCUT2D eigenvalue weighted by atomic mass is 31.2. The van der Waals surface area contributed by atoms with Gasteiger partial charge in [-0.1, -0.05) is 115 Å². The van der Waals surface area contributed by atoms with Crippen LogP contribution in [0.5, 0.6) is 0 Å². The maximum Gasteiger partial charge on any atom is 0.472 e. The van der Waals surface area contributed by atoms with E-state index in [1.807, 2.05) is 0 Å². The molecule has 10 heteroatoms. The number of unbranched alkanes of at least 4 members (excludes halogenated alkanes) is 15. The number of hydrogen-bond acceptors (Lipinski definition) is 8. The predicted octanol–water partition coefficient (Wildman–Crippen LogP) is 9.82. The van der Waals surface area contributed by atoms with Crippen LogP contribution in [0.3, 0.4) is 0 Å². The summed E-state index contributed by atoms with van der Waals surface area (Å²) in [6.07, 6.45) is 34.6. The molecule has 0 spiro atoms. The summed E-state index contributed by atoms with van der Waals surface area (Å²) >= 11 is 0. The van der Waals surface area contributed by atoms with Crippen molar-refractivity contribution in [1.29, 1.82) is 0 Å². The van der Waals surface area contributed by atoms with Crippen LogP contribution in [0.15, 0.2) is 36.5 Å². The second-order valence-corrected chi connectivity index (χ2v) is 13.5. The normalized spacial score (nSPS) is 13.9. The van der Waals surface area contributed by atoms with Crippen LogP contribution in [0.4, 0.5) is 0 Å². The van der Waals surface area contributed by atoms with E-state index in [1.165, 1.54) is 38.5 Å². The van der Waals surface area contributed by atoms with E-state index in [-0.39, 0.29) is 32.6 Å². The van der Waals surface area contributed by atoms with E-state index in [0.717, 1.165) is 77.0 Å². The second-order valence-electron chi connectivity index (χ2n) is 12.1. The van der Waals surface area contributed by atoms with Crippen LogP contribution < -0.4 is 5.73 Å². The molecule has 0 aromatic heterocycles. The van der Waals surface area contributed by atoms with Gasteiger partial charge in [-0.3, -0.25) is 18.6 Å². The van der Waals surface area contributed by atoms with Crippen LogP contribution in [0.1, 0.15) is 155 Å². The fourth-order valence-electron chi connectivity index (χ4n) is 4.70. The van der Waals surface area contributed by atoms with Crippen molar-refractivity contribution >= 4 is 19.8 Å². The first-order valence-electron chi connectivity index (χ1n) is 18.5. The third-order valence-corrected chi connectivity index (χ3v) is 8.48. The van der Waals surface area contributed by atoms with Crippen molar-refractivity contribution in [3.63, 3.8) is 0 Å². The van der Waals surface area contributed by atoms with Crippen molar-refractivity contribution in [3.05, 3.63) is 36.5 Å². The lowest BCUT2D eigenvalue weighted by Gasteiger charge is -2.19. The monoisotopic (exact) mass is 685 g/mol. The Morgan fingerprint density at radius 2 is 1.13 bits per heavy atom. The first-order valence-corrected chi connectivity index (χ1v) is 20.0. The Kier molecular flexibility index (Phi) is 32.8. The molecule has 0 aromatic rings. The molecule has 0 rings (SSSR count). The van der Waals surface area contributed by atoms with Gasteiger partial charge in [0.25, 0.3) is 0 Å².